The molecule has 0 amide bonds. The molecule has 1 N–H and O–H groups in total. The number of nitrogens with zero attached hydrogens (tertiary/aromatic N) is 2. The van der Waals surface area contributed by atoms with Gasteiger partial charge in [0.2, 0.25) is 5.95 Å². The molecule has 0 saturated heterocycles. The zero-order valence-corrected chi connectivity index (χ0v) is 12.3. The van der Waals surface area contributed by atoms with Crippen LogP contribution in [0, 0.1) is 6.92 Å². The van der Waals surface area contributed by atoms with Crippen LogP contribution in [0.15, 0.2) is 48.5 Å². The van der Waals surface area contributed by atoms with Gasteiger partial charge in [-0.1, -0.05) is 44.2 Å². The van der Waals surface area contributed by atoms with Gasteiger partial charge in [-0.05, 0) is 36.6 Å². The second-order valence-corrected chi connectivity index (χ2v) is 5.43. The summed E-state index contributed by atoms with van der Waals surface area (Å²) in [5.41, 5.74) is 3.99. The van der Waals surface area contributed by atoms with E-state index in [0.717, 1.165) is 27.8 Å². The number of rotatable bonds is 3. The molecule has 1 heterocycles. The fraction of sp³-hybridized carbons (Fsp3) is 0.167. The van der Waals surface area contributed by atoms with Gasteiger partial charge in [-0.15, -0.1) is 0 Å². The van der Waals surface area contributed by atoms with E-state index < -0.39 is 0 Å². The summed E-state index contributed by atoms with van der Waals surface area (Å²) >= 11 is 0. The van der Waals surface area contributed by atoms with Crippen molar-refractivity contribution < 1.29 is 0 Å². The quantitative estimate of drug-likeness (QED) is 0.754. The second-order valence-electron chi connectivity index (χ2n) is 5.43. The maximum atomic E-state index is 4.68. The highest BCUT2D eigenvalue weighted by Crippen LogP contribution is 2.25. The largest absolute Gasteiger partial charge is 0.324 e. The van der Waals surface area contributed by atoms with Crippen molar-refractivity contribution >= 4 is 22.5 Å². The van der Waals surface area contributed by atoms with Gasteiger partial charge >= 0.3 is 0 Å². The Kier molecular flexibility index (Phi) is 3.57. The SMILES string of the molecule is [CH2]c1ccc(Nc2nc(C(C)C)c3ccccc3n2)cc1. The highest BCUT2D eigenvalue weighted by atomic mass is 15.1. The minimum absolute atomic E-state index is 0.348. The standard InChI is InChI=1S/C18H18N3/c1-12(2)17-15-6-4-5-7-16(15)20-18(21-17)19-14-10-8-13(3)9-11-14/h4-12H,3H2,1-2H3,(H,19,20,21). The van der Waals surface area contributed by atoms with Crippen molar-refractivity contribution in [1.82, 2.24) is 9.97 Å². The molecule has 0 aliphatic carbocycles. The predicted octanol–water partition coefficient (Wildman–Crippen LogP) is 4.68. The summed E-state index contributed by atoms with van der Waals surface area (Å²) in [5.74, 6) is 0.981. The molecule has 0 atom stereocenters. The van der Waals surface area contributed by atoms with Crippen molar-refractivity contribution in [2.75, 3.05) is 5.32 Å². The third-order valence-electron chi connectivity index (χ3n) is 3.39. The number of hydrogen-bond acceptors (Lipinski definition) is 3. The normalized spacial score (nSPS) is 11.0. The lowest BCUT2D eigenvalue weighted by atomic mass is 10.0. The van der Waals surface area contributed by atoms with E-state index in [0.29, 0.717) is 11.9 Å². The lowest BCUT2D eigenvalue weighted by Crippen LogP contribution is -2.03. The minimum atomic E-state index is 0.348. The number of hydrogen-bond donors (Lipinski definition) is 1. The van der Waals surface area contributed by atoms with E-state index in [1.807, 2.05) is 42.5 Å². The average Bonchev–Trinajstić information content (AvgIpc) is 2.48. The highest BCUT2D eigenvalue weighted by molar-refractivity contribution is 5.82. The average molecular weight is 276 g/mol. The summed E-state index contributed by atoms with van der Waals surface area (Å²) in [6, 6.07) is 16.0. The van der Waals surface area contributed by atoms with Gasteiger partial charge in [-0.3, -0.25) is 0 Å². The molecule has 0 spiro atoms. The Morgan fingerprint density at radius 2 is 1.67 bits per heavy atom. The summed E-state index contributed by atoms with van der Waals surface area (Å²) in [6.07, 6.45) is 0. The fourth-order valence-corrected chi connectivity index (χ4v) is 2.31. The van der Waals surface area contributed by atoms with Gasteiger partial charge in [0, 0.05) is 11.1 Å². The zero-order valence-electron chi connectivity index (χ0n) is 12.3. The molecule has 0 bridgehead atoms. The molecular formula is C18H18N3. The summed E-state index contributed by atoms with van der Waals surface area (Å²) < 4.78 is 0. The molecule has 1 aromatic heterocycles. The zero-order chi connectivity index (χ0) is 14.8. The van der Waals surface area contributed by atoms with Gasteiger partial charge in [0.05, 0.1) is 11.2 Å². The molecule has 3 rings (SSSR count). The van der Waals surface area contributed by atoms with Gasteiger partial charge in [0.25, 0.3) is 0 Å². The lowest BCUT2D eigenvalue weighted by Gasteiger charge is -2.12. The van der Waals surface area contributed by atoms with Gasteiger partial charge in [0.1, 0.15) is 0 Å². The molecule has 0 aliphatic heterocycles. The molecule has 3 aromatic rings. The van der Waals surface area contributed by atoms with E-state index in [1.165, 1.54) is 0 Å². The Morgan fingerprint density at radius 1 is 0.952 bits per heavy atom. The Balaban J connectivity index is 2.04. The topological polar surface area (TPSA) is 37.8 Å². The Hall–Kier alpha value is -2.42. The fourth-order valence-electron chi connectivity index (χ4n) is 2.31. The van der Waals surface area contributed by atoms with Crippen LogP contribution in [-0.4, -0.2) is 9.97 Å². The van der Waals surface area contributed by atoms with Gasteiger partial charge < -0.3 is 5.32 Å². The molecule has 2 aromatic carbocycles. The van der Waals surface area contributed by atoms with Crippen molar-refractivity contribution in [2.45, 2.75) is 19.8 Å². The Labute approximate surface area is 125 Å². The van der Waals surface area contributed by atoms with Crippen LogP contribution < -0.4 is 5.32 Å². The minimum Gasteiger partial charge on any atom is -0.324 e. The van der Waals surface area contributed by atoms with E-state index in [9.17, 15) is 0 Å². The van der Waals surface area contributed by atoms with Crippen molar-refractivity contribution in [1.29, 1.82) is 0 Å². The van der Waals surface area contributed by atoms with Crippen LogP contribution in [0.1, 0.15) is 31.0 Å². The van der Waals surface area contributed by atoms with Crippen LogP contribution in [0.25, 0.3) is 10.9 Å². The second kappa shape index (κ2) is 5.52. The van der Waals surface area contributed by atoms with Gasteiger partial charge in [0.15, 0.2) is 0 Å². The molecule has 105 valence electrons. The van der Waals surface area contributed by atoms with Crippen molar-refractivity contribution in [3.05, 3.63) is 66.7 Å². The Morgan fingerprint density at radius 3 is 2.38 bits per heavy atom. The van der Waals surface area contributed by atoms with Crippen LogP contribution >= 0.6 is 0 Å². The van der Waals surface area contributed by atoms with Gasteiger partial charge in [-0.25, -0.2) is 9.97 Å². The summed E-state index contributed by atoms with van der Waals surface area (Å²) in [5, 5.41) is 4.39. The number of benzene rings is 2. The van der Waals surface area contributed by atoms with Gasteiger partial charge in [-0.2, -0.15) is 0 Å². The molecule has 0 unspecified atom stereocenters. The Bertz CT molecular complexity index is 761. The smallest absolute Gasteiger partial charge is 0.228 e. The molecule has 3 heteroatoms. The van der Waals surface area contributed by atoms with Crippen molar-refractivity contribution in [3.8, 4) is 0 Å². The molecule has 0 aliphatic rings. The van der Waals surface area contributed by atoms with Crippen LogP contribution in [-0.2, 0) is 0 Å². The first-order valence-electron chi connectivity index (χ1n) is 7.09. The van der Waals surface area contributed by atoms with Crippen LogP contribution in [0.4, 0.5) is 11.6 Å². The summed E-state index contributed by atoms with van der Waals surface area (Å²) in [7, 11) is 0. The van der Waals surface area contributed by atoms with E-state index >= 15 is 0 Å². The van der Waals surface area contributed by atoms with Crippen LogP contribution in [0.5, 0.6) is 0 Å². The van der Waals surface area contributed by atoms with Crippen molar-refractivity contribution in [3.63, 3.8) is 0 Å². The first-order chi connectivity index (χ1) is 10.1. The van der Waals surface area contributed by atoms with Crippen LogP contribution in [0.2, 0.25) is 0 Å². The van der Waals surface area contributed by atoms with E-state index in [1.54, 1.807) is 0 Å². The van der Waals surface area contributed by atoms with Crippen LogP contribution in [0.3, 0.4) is 0 Å². The highest BCUT2D eigenvalue weighted by Gasteiger charge is 2.10. The first-order valence-corrected chi connectivity index (χ1v) is 7.09. The summed E-state index contributed by atoms with van der Waals surface area (Å²) in [4.78, 5) is 9.28. The van der Waals surface area contributed by atoms with E-state index in [4.69, 9.17) is 0 Å². The number of nitrogens with one attached hydrogen (secondary N) is 1. The maximum Gasteiger partial charge on any atom is 0.228 e. The van der Waals surface area contributed by atoms with Crippen molar-refractivity contribution in [2.24, 2.45) is 0 Å². The van der Waals surface area contributed by atoms with E-state index in [-0.39, 0.29) is 0 Å². The molecule has 21 heavy (non-hydrogen) atoms. The first kappa shape index (κ1) is 13.6. The maximum absolute atomic E-state index is 4.68. The molecular weight excluding hydrogens is 258 g/mol. The molecule has 0 saturated carbocycles. The number of aromatic nitrogens is 2. The predicted molar refractivity (Wildman–Crippen MR) is 87.8 cm³/mol. The summed E-state index contributed by atoms with van der Waals surface area (Å²) in [6.45, 7) is 8.19. The third-order valence-corrected chi connectivity index (χ3v) is 3.39. The number of para-hydroxylation sites is 1. The lowest BCUT2D eigenvalue weighted by molar-refractivity contribution is 0.831. The van der Waals surface area contributed by atoms with E-state index in [2.05, 4.69) is 42.1 Å². The third kappa shape index (κ3) is 2.87. The molecule has 1 radical (unpaired) electrons. The monoisotopic (exact) mass is 276 g/mol. The number of fused-ring (bicyclic) bond motifs is 1. The number of anilines is 2. The molecule has 3 nitrogen and oxygen atoms in total. The molecule has 0 fully saturated rings.